The number of rotatable bonds is 7. The minimum Gasteiger partial charge on any atom is -0.398 e. The van der Waals surface area contributed by atoms with E-state index in [1.807, 2.05) is 49.5 Å². The van der Waals surface area contributed by atoms with Gasteiger partial charge >= 0.3 is 0 Å². The first-order chi connectivity index (χ1) is 13.6. The highest BCUT2D eigenvalue weighted by molar-refractivity contribution is 7.17. The zero-order chi connectivity index (χ0) is 20.4. The van der Waals surface area contributed by atoms with E-state index in [2.05, 4.69) is 10.3 Å². The van der Waals surface area contributed by atoms with Gasteiger partial charge in [0.2, 0.25) is 0 Å². The van der Waals surface area contributed by atoms with Crippen LogP contribution in [0.1, 0.15) is 21.1 Å². The lowest BCUT2D eigenvalue weighted by atomic mass is 10.1. The minimum atomic E-state index is 0.230. The number of carbonyl (C=O) groups is 1. The number of hydrogen-bond donors (Lipinski definition) is 3. The Bertz CT molecular complexity index is 906. The average molecular weight is 397 g/mol. The molecule has 0 saturated carbocycles. The number of nitrogen functional groups attached to an aromatic ring is 1. The fourth-order valence-corrected chi connectivity index (χ4v) is 3.36. The second-order valence-electron chi connectivity index (χ2n) is 5.78. The number of nitrogens with zero attached hydrogens (tertiary/aromatic N) is 1. The second kappa shape index (κ2) is 11.1. The summed E-state index contributed by atoms with van der Waals surface area (Å²) >= 11 is 1.33. The van der Waals surface area contributed by atoms with Crippen LogP contribution in [0.15, 0.2) is 54.6 Å². The van der Waals surface area contributed by atoms with E-state index in [4.69, 9.17) is 15.9 Å². The Morgan fingerprint density at radius 2 is 1.89 bits per heavy atom. The fourth-order valence-electron chi connectivity index (χ4n) is 2.36. The van der Waals surface area contributed by atoms with Gasteiger partial charge in [0.05, 0.1) is 17.2 Å². The molecule has 0 aliphatic rings. The molecule has 3 rings (SSSR count). The number of aromatic nitrogens is 1. The van der Waals surface area contributed by atoms with Crippen LogP contribution in [-0.4, -0.2) is 44.3 Å². The number of aldehydes is 1. The number of nitrogens with one attached hydrogen (secondary N) is 2. The highest BCUT2D eigenvalue weighted by Crippen LogP contribution is 2.31. The lowest BCUT2D eigenvalue weighted by molar-refractivity contribution is 0.112. The van der Waals surface area contributed by atoms with Gasteiger partial charge in [-0.3, -0.25) is 10.2 Å². The van der Waals surface area contributed by atoms with Gasteiger partial charge in [-0.05, 0) is 18.7 Å². The van der Waals surface area contributed by atoms with E-state index in [0.717, 1.165) is 29.9 Å². The summed E-state index contributed by atoms with van der Waals surface area (Å²) in [6, 6.07) is 16.7. The van der Waals surface area contributed by atoms with Gasteiger partial charge in [-0.15, -0.1) is 11.3 Å². The van der Waals surface area contributed by atoms with Gasteiger partial charge in [-0.25, -0.2) is 4.98 Å². The number of carbonyl (C=O) groups excluding carboxylic acids is 1. The van der Waals surface area contributed by atoms with Crippen LogP contribution in [0.3, 0.4) is 0 Å². The third-order valence-corrected chi connectivity index (χ3v) is 4.94. The molecule has 3 aromatic rings. The number of hydrogen-bond acceptors (Lipinski definition) is 7. The van der Waals surface area contributed by atoms with Crippen LogP contribution in [0.2, 0.25) is 0 Å². The highest BCUT2D eigenvalue weighted by Gasteiger charge is 2.17. The Kier molecular flexibility index (Phi) is 8.48. The minimum absolute atomic E-state index is 0.230. The van der Waals surface area contributed by atoms with E-state index in [9.17, 15) is 4.79 Å². The zero-order valence-electron chi connectivity index (χ0n) is 15.9. The molecule has 1 aromatic heterocycles. The molecule has 6 nitrogen and oxygen atoms in total. The largest absolute Gasteiger partial charge is 0.398 e. The Morgan fingerprint density at radius 3 is 2.46 bits per heavy atom. The fraction of sp³-hybridized carbons (Fsp3) is 0.190. The van der Waals surface area contributed by atoms with Crippen molar-refractivity contribution >= 4 is 29.0 Å². The maximum absolute atomic E-state index is 11.3. The van der Waals surface area contributed by atoms with Crippen molar-refractivity contribution in [3.05, 3.63) is 70.9 Å². The first-order valence-electron chi connectivity index (χ1n) is 8.71. The number of ether oxygens (including phenoxy) is 1. The zero-order valence-corrected chi connectivity index (χ0v) is 16.8. The van der Waals surface area contributed by atoms with Crippen molar-refractivity contribution in [1.29, 1.82) is 5.41 Å². The van der Waals surface area contributed by atoms with E-state index in [-0.39, 0.29) is 5.71 Å². The number of nitrogens with two attached hydrogens (primary N) is 1. The van der Waals surface area contributed by atoms with E-state index < -0.39 is 0 Å². The number of likely N-dealkylation sites (N-methyl/N-ethyl adjacent to an activating group) is 1. The Balaban J connectivity index is 0.000000409. The van der Waals surface area contributed by atoms with Crippen LogP contribution in [0.5, 0.6) is 0 Å². The summed E-state index contributed by atoms with van der Waals surface area (Å²) < 4.78 is 4.72. The van der Waals surface area contributed by atoms with Gasteiger partial charge in [0.15, 0.2) is 6.29 Å². The van der Waals surface area contributed by atoms with Crippen molar-refractivity contribution in [3.63, 3.8) is 0 Å². The summed E-state index contributed by atoms with van der Waals surface area (Å²) in [5.41, 5.74) is 8.56. The average Bonchev–Trinajstić information content (AvgIpc) is 3.18. The Morgan fingerprint density at radius 1 is 1.21 bits per heavy atom. The molecule has 28 heavy (non-hydrogen) atoms. The van der Waals surface area contributed by atoms with Crippen LogP contribution in [0.4, 0.5) is 5.69 Å². The van der Waals surface area contributed by atoms with Crippen LogP contribution in [-0.2, 0) is 4.74 Å². The lowest BCUT2D eigenvalue weighted by Gasteiger charge is -2.03. The van der Waals surface area contributed by atoms with Crippen molar-refractivity contribution in [2.45, 2.75) is 0 Å². The van der Waals surface area contributed by atoms with Gasteiger partial charge in [-0.2, -0.15) is 0 Å². The monoisotopic (exact) mass is 396 g/mol. The molecular formula is C21H24N4O2S. The SMILES string of the molecule is CNCCOC.N=C(c1nc(C=O)c(-c2ccccc2)s1)c1ccccc1N. The lowest BCUT2D eigenvalue weighted by Crippen LogP contribution is -2.12. The summed E-state index contributed by atoms with van der Waals surface area (Å²) in [5, 5.41) is 11.7. The van der Waals surface area contributed by atoms with Crippen LogP contribution >= 0.6 is 11.3 Å². The van der Waals surface area contributed by atoms with Crippen molar-refractivity contribution < 1.29 is 9.53 Å². The summed E-state index contributed by atoms with van der Waals surface area (Å²) in [7, 11) is 3.59. The van der Waals surface area contributed by atoms with Gasteiger partial charge in [0.25, 0.3) is 0 Å². The Labute approximate surface area is 168 Å². The molecule has 0 amide bonds. The molecule has 0 aliphatic carbocycles. The third kappa shape index (κ3) is 5.56. The van der Waals surface area contributed by atoms with Crippen molar-refractivity contribution in [2.24, 2.45) is 0 Å². The summed E-state index contributed by atoms with van der Waals surface area (Å²) in [6.45, 7) is 1.74. The van der Waals surface area contributed by atoms with E-state index in [1.54, 1.807) is 19.2 Å². The second-order valence-corrected chi connectivity index (χ2v) is 6.77. The van der Waals surface area contributed by atoms with Crippen molar-refractivity contribution in [2.75, 3.05) is 33.0 Å². The maximum atomic E-state index is 11.3. The van der Waals surface area contributed by atoms with Gasteiger partial charge in [-0.1, -0.05) is 48.5 Å². The molecule has 2 aromatic carbocycles. The molecule has 0 spiro atoms. The third-order valence-electron chi connectivity index (χ3n) is 3.80. The van der Waals surface area contributed by atoms with Crippen LogP contribution in [0.25, 0.3) is 10.4 Å². The van der Waals surface area contributed by atoms with Crippen LogP contribution < -0.4 is 11.1 Å². The first-order valence-corrected chi connectivity index (χ1v) is 9.52. The number of anilines is 1. The van der Waals surface area contributed by atoms with Gasteiger partial charge in [0, 0.05) is 24.9 Å². The van der Waals surface area contributed by atoms with Crippen molar-refractivity contribution in [3.8, 4) is 10.4 Å². The smallest absolute Gasteiger partial charge is 0.169 e. The van der Waals surface area contributed by atoms with E-state index in [1.165, 1.54) is 11.3 Å². The maximum Gasteiger partial charge on any atom is 0.169 e. The molecule has 0 fully saturated rings. The number of benzene rings is 2. The summed E-state index contributed by atoms with van der Waals surface area (Å²) in [5.74, 6) is 0. The van der Waals surface area contributed by atoms with Crippen molar-refractivity contribution in [1.82, 2.24) is 10.3 Å². The summed E-state index contributed by atoms with van der Waals surface area (Å²) in [6.07, 6.45) is 0.726. The predicted molar refractivity (Wildman–Crippen MR) is 116 cm³/mol. The molecule has 7 heteroatoms. The first kappa shape index (κ1) is 21.4. The molecule has 0 aliphatic heterocycles. The quantitative estimate of drug-likeness (QED) is 0.246. The molecule has 0 radical (unpaired) electrons. The molecular weight excluding hydrogens is 372 g/mol. The topological polar surface area (TPSA) is 101 Å². The number of methoxy groups -OCH3 is 1. The summed E-state index contributed by atoms with van der Waals surface area (Å²) in [4.78, 5) is 16.4. The predicted octanol–water partition coefficient (Wildman–Crippen LogP) is 3.47. The standard InChI is InChI=1S/C17H13N3OS.C4H11NO/c18-13-9-5-4-8-12(13)15(19)17-20-14(10-21)16(22-17)11-6-2-1-3-7-11;1-5-3-4-6-2/h1-10,19H,18H2;5H,3-4H2,1-2H3. The molecule has 0 bridgehead atoms. The molecule has 0 atom stereocenters. The van der Waals surface area contributed by atoms with E-state index in [0.29, 0.717) is 22.0 Å². The molecule has 146 valence electrons. The molecule has 1 heterocycles. The van der Waals surface area contributed by atoms with E-state index >= 15 is 0 Å². The molecule has 0 unspecified atom stereocenters. The van der Waals surface area contributed by atoms with Crippen LogP contribution in [0, 0.1) is 5.41 Å². The van der Waals surface area contributed by atoms with Gasteiger partial charge in [0.1, 0.15) is 10.7 Å². The molecule has 4 N–H and O–H groups in total. The number of para-hydroxylation sites is 1. The highest BCUT2D eigenvalue weighted by atomic mass is 32.1. The van der Waals surface area contributed by atoms with Gasteiger partial charge < -0.3 is 15.8 Å². The Hall–Kier alpha value is -2.87. The number of thiazole rings is 1. The molecule has 0 saturated heterocycles. The normalized spacial score (nSPS) is 10.1.